The van der Waals surface area contributed by atoms with E-state index >= 15 is 0 Å². The van der Waals surface area contributed by atoms with Gasteiger partial charge in [0.1, 0.15) is 5.58 Å². The number of nitrogens with one attached hydrogen (secondary N) is 1. The van der Waals surface area contributed by atoms with E-state index in [1.807, 2.05) is 6.92 Å². The van der Waals surface area contributed by atoms with Crippen LogP contribution in [-0.2, 0) is 9.53 Å². The van der Waals surface area contributed by atoms with Crippen LogP contribution in [0.25, 0.3) is 11.0 Å². The number of carboxylic acid groups (broad SMARTS) is 1. The maximum absolute atomic E-state index is 12.0. The fourth-order valence-corrected chi connectivity index (χ4v) is 2.84. The van der Waals surface area contributed by atoms with Crippen molar-refractivity contribution in [1.82, 2.24) is 0 Å². The van der Waals surface area contributed by atoms with Gasteiger partial charge < -0.3 is 19.6 Å². The SMILES string of the molecule is CC1CCC(CCC(=O)Nc2ccc3oc(C(=O)O)cc3c2)O1. The number of hydrogen-bond donors (Lipinski definition) is 2. The molecule has 2 atom stereocenters. The molecule has 1 amide bonds. The summed E-state index contributed by atoms with van der Waals surface area (Å²) in [6.45, 7) is 2.05. The van der Waals surface area contributed by atoms with E-state index in [1.54, 1.807) is 18.2 Å². The van der Waals surface area contributed by atoms with Crippen molar-refractivity contribution in [1.29, 1.82) is 0 Å². The lowest BCUT2D eigenvalue weighted by molar-refractivity contribution is -0.116. The average Bonchev–Trinajstić information content (AvgIpc) is 3.10. The summed E-state index contributed by atoms with van der Waals surface area (Å²) in [5.41, 5.74) is 1.11. The molecule has 1 saturated heterocycles. The van der Waals surface area contributed by atoms with Crippen LogP contribution in [0.15, 0.2) is 28.7 Å². The molecule has 2 heterocycles. The average molecular weight is 317 g/mol. The van der Waals surface area contributed by atoms with Gasteiger partial charge in [0.05, 0.1) is 12.2 Å². The highest BCUT2D eigenvalue weighted by Gasteiger charge is 2.22. The van der Waals surface area contributed by atoms with Crippen LogP contribution in [0.4, 0.5) is 5.69 Å². The standard InChI is InChI=1S/C17H19NO5/c1-10-2-4-13(22-10)5-7-16(19)18-12-3-6-14-11(8-12)9-15(23-14)17(20)21/h3,6,8-10,13H,2,4-5,7H2,1H3,(H,18,19)(H,20,21). The van der Waals surface area contributed by atoms with Crippen LogP contribution in [0.3, 0.4) is 0 Å². The summed E-state index contributed by atoms with van der Waals surface area (Å²) >= 11 is 0. The smallest absolute Gasteiger partial charge is 0.371 e. The predicted octanol–water partition coefficient (Wildman–Crippen LogP) is 3.42. The summed E-state index contributed by atoms with van der Waals surface area (Å²) in [5.74, 6) is -1.30. The first-order valence-corrected chi connectivity index (χ1v) is 7.73. The van der Waals surface area contributed by atoms with Crippen LogP contribution < -0.4 is 5.32 Å². The molecule has 2 N–H and O–H groups in total. The van der Waals surface area contributed by atoms with Gasteiger partial charge in [-0.25, -0.2) is 4.79 Å². The second-order valence-corrected chi connectivity index (χ2v) is 5.90. The van der Waals surface area contributed by atoms with Gasteiger partial charge in [-0.15, -0.1) is 0 Å². The number of anilines is 1. The van der Waals surface area contributed by atoms with E-state index in [1.165, 1.54) is 6.07 Å². The van der Waals surface area contributed by atoms with E-state index in [0.717, 1.165) is 12.8 Å². The molecular formula is C17H19NO5. The summed E-state index contributed by atoms with van der Waals surface area (Å²) in [6.07, 6.45) is 3.64. The molecule has 1 aliphatic rings. The molecule has 1 aromatic heterocycles. The maximum Gasteiger partial charge on any atom is 0.371 e. The number of amides is 1. The lowest BCUT2D eigenvalue weighted by Gasteiger charge is -2.11. The molecule has 1 aliphatic heterocycles. The predicted molar refractivity (Wildman–Crippen MR) is 84.6 cm³/mol. The lowest BCUT2D eigenvalue weighted by Crippen LogP contribution is -2.15. The number of carboxylic acids is 1. The number of rotatable bonds is 5. The van der Waals surface area contributed by atoms with E-state index in [2.05, 4.69) is 5.32 Å². The fraction of sp³-hybridized carbons (Fsp3) is 0.412. The van der Waals surface area contributed by atoms with Gasteiger partial charge >= 0.3 is 5.97 Å². The largest absolute Gasteiger partial charge is 0.475 e. The van der Waals surface area contributed by atoms with Crippen molar-refractivity contribution in [3.8, 4) is 0 Å². The second kappa shape index (κ2) is 6.42. The molecule has 23 heavy (non-hydrogen) atoms. The van der Waals surface area contributed by atoms with Crippen molar-refractivity contribution in [3.05, 3.63) is 30.0 Å². The Balaban J connectivity index is 1.59. The minimum atomic E-state index is -1.11. The van der Waals surface area contributed by atoms with Gasteiger partial charge in [-0.2, -0.15) is 0 Å². The third-order valence-corrected chi connectivity index (χ3v) is 4.02. The van der Waals surface area contributed by atoms with E-state index in [-0.39, 0.29) is 23.9 Å². The number of furan rings is 1. The first-order chi connectivity index (χ1) is 11.0. The molecule has 6 heteroatoms. The normalized spacial score (nSPS) is 20.7. The summed E-state index contributed by atoms with van der Waals surface area (Å²) in [5, 5.41) is 12.4. The van der Waals surface area contributed by atoms with Crippen LogP contribution in [-0.4, -0.2) is 29.2 Å². The van der Waals surface area contributed by atoms with Crippen molar-refractivity contribution >= 4 is 28.5 Å². The molecule has 2 unspecified atom stereocenters. The number of aromatic carboxylic acids is 1. The number of ether oxygens (including phenoxy) is 1. The summed E-state index contributed by atoms with van der Waals surface area (Å²) in [7, 11) is 0. The molecule has 6 nitrogen and oxygen atoms in total. The van der Waals surface area contributed by atoms with E-state index in [4.69, 9.17) is 14.3 Å². The van der Waals surface area contributed by atoms with Crippen molar-refractivity contribution in [2.45, 2.75) is 44.8 Å². The Labute approximate surface area is 133 Å². The second-order valence-electron chi connectivity index (χ2n) is 5.90. The van der Waals surface area contributed by atoms with Crippen molar-refractivity contribution < 1.29 is 23.8 Å². The van der Waals surface area contributed by atoms with Crippen LogP contribution in [0, 0.1) is 0 Å². The Kier molecular flexibility index (Phi) is 4.34. The molecule has 0 radical (unpaired) electrons. The highest BCUT2D eigenvalue weighted by atomic mass is 16.5. The molecule has 1 aromatic carbocycles. The van der Waals surface area contributed by atoms with E-state index < -0.39 is 5.97 Å². The quantitative estimate of drug-likeness (QED) is 0.882. The molecule has 0 spiro atoms. The van der Waals surface area contributed by atoms with Crippen molar-refractivity contribution in [3.63, 3.8) is 0 Å². The third kappa shape index (κ3) is 3.71. The molecular weight excluding hydrogens is 298 g/mol. The van der Waals surface area contributed by atoms with Crippen LogP contribution in [0.1, 0.15) is 43.2 Å². The van der Waals surface area contributed by atoms with Gasteiger partial charge in [-0.05, 0) is 50.5 Å². The third-order valence-electron chi connectivity index (χ3n) is 4.02. The van der Waals surface area contributed by atoms with Crippen molar-refractivity contribution in [2.24, 2.45) is 0 Å². The minimum absolute atomic E-state index is 0.0746. The van der Waals surface area contributed by atoms with Gasteiger partial charge in [0.15, 0.2) is 0 Å². The van der Waals surface area contributed by atoms with Gasteiger partial charge in [0.2, 0.25) is 11.7 Å². The number of benzene rings is 1. The molecule has 122 valence electrons. The number of carbonyl (C=O) groups is 2. The van der Waals surface area contributed by atoms with Crippen molar-refractivity contribution in [2.75, 3.05) is 5.32 Å². The molecule has 3 rings (SSSR count). The highest BCUT2D eigenvalue weighted by Crippen LogP contribution is 2.25. The molecule has 0 saturated carbocycles. The van der Waals surface area contributed by atoms with Crippen LogP contribution >= 0.6 is 0 Å². The molecule has 0 aliphatic carbocycles. The topological polar surface area (TPSA) is 88.8 Å². The Bertz CT molecular complexity index is 736. The van der Waals surface area contributed by atoms with E-state index in [0.29, 0.717) is 29.5 Å². The zero-order valence-electron chi connectivity index (χ0n) is 12.9. The lowest BCUT2D eigenvalue weighted by atomic mass is 10.1. The highest BCUT2D eigenvalue weighted by molar-refractivity contribution is 5.95. The Hall–Kier alpha value is -2.34. The van der Waals surface area contributed by atoms with E-state index in [9.17, 15) is 9.59 Å². The van der Waals surface area contributed by atoms with Crippen LogP contribution in [0.5, 0.6) is 0 Å². The van der Waals surface area contributed by atoms with Gasteiger partial charge in [0, 0.05) is 17.5 Å². The fourth-order valence-electron chi connectivity index (χ4n) is 2.84. The molecule has 2 aromatic rings. The Morgan fingerprint density at radius 1 is 1.30 bits per heavy atom. The molecule has 0 bridgehead atoms. The minimum Gasteiger partial charge on any atom is -0.475 e. The van der Waals surface area contributed by atoms with Gasteiger partial charge in [-0.1, -0.05) is 0 Å². The zero-order chi connectivity index (χ0) is 16.4. The Morgan fingerprint density at radius 3 is 2.83 bits per heavy atom. The summed E-state index contributed by atoms with van der Waals surface area (Å²) in [4.78, 5) is 22.9. The van der Waals surface area contributed by atoms with Gasteiger partial charge in [-0.3, -0.25) is 4.79 Å². The Morgan fingerprint density at radius 2 is 2.13 bits per heavy atom. The van der Waals surface area contributed by atoms with Gasteiger partial charge in [0.25, 0.3) is 0 Å². The number of hydrogen-bond acceptors (Lipinski definition) is 4. The summed E-state index contributed by atoms with van der Waals surface area (Å²) < 4.78 is 10.9. The first-order valence-electron chi connectivity index (χ1n) is 7.73. The zero-order valence-corrected chi connectivity index (χ0v) is 12.9. The number of carbonyl (C=O) groups excluding carboxylic acids is 1. The molecule has 1 fully saturated rings. The van der Waals surface area contributed by atoms with Crippen LogP contribution in [0.2, 0.25) is 0 Å². The number of fused-ring (bicyclic) bond motifs is 1. The first kappa shape index (κ1) is 15.6. The maximum atomic E-state index is 12.0. The summed E-state index contributed by atoms with van der Waals surface area (Å²) in [6, 6.07) is 6.50. The monoisotopic (exact) mass is 317 g/mol.